The second-order valence-corrected chi connectivity index (χ2v) is 10.3. The minimum Gasteiger partial charge on any atom is -0.395 e. The zero-order valence-corrected chi connectivity index (χ0v) is 21.5. The average molecular weight is 503 g/mol. The summed E-state index contributed by atoms with van der Waals surface area (Å²) in [6.45, 7) is 4.65. The van der Waals surface area contributed by atoms with Crippen LogP contribution in [0.1, 0.15) is 54.4 Å². The first-order valence-electron chi connectivity index (χ1n) is 13.3. The van der Waals surface area contributed by atoms with Gasteiger partial charge in [-0.05, 0) is 53.3 Å². The Morgan fingerprint density at radius 2 is 1.65 bits per heavy atom. The van der Waals surface area contributed by atoms with E-state index < -0.39 is 6.29 Å². The average Bonchev–Trinajstić information content (AvgIpc) is 3.41. The number of nitrogens with zero attached hydrogens (tertiary/aromatic N) is 1. The molecule has 37 heavy (non-hydrogen) atoms. The first kappa shape index (κ1) is 26.0. The maximum Gasteiger partial charge on any atom is 0.184 e. The van der Waals surface area contributed by atoms with Crippen LogP contribution in [0.4, 0.5) is 0 Å². The summed E-state index contributed by atoms with van der Waals surface area (Å²) in [4.78, 5) is 2.36. The van der Waals surface area contributed by atoms with Crippen LogP contribution in [0.2, 0.25) is 0 Å². The van der Waals surface area contributed by atoms with Gasteiger partial charge in [-0.3, -0.25) is 4.90 Å². The minimum atomic E-state index is -0.497. The third-order valence-corrected chi connectivity index (χ3v) is 7.93. The quantitative estimate of drug-likeness (QED) is 0.419. The van der Waals surface area contributed by atoms with E-state index in [0.29, 0.717) is 6.54 Å². The topological polar surface area (TPSA) is 88.2 Å². The molecule has 5 atom stereocenters. The van der Waals surface area contributed by atoms with Crippen LogP contribution in [0, 0.1) is 5.92 Å². The van der Waals surface area contributed by atoms with Crippen LogP contribution >= 0.6 is 0 Å². The zero-order valence-electron chi connectivity index (χ0n) is 21.5. The molecule has 3 aromatic carbocycles. The van der Waals surface area contributed by atoms with Crippen molar-refractivity contribution in [3.05, 3.63) is 95.1 Å². The number of ether oxygens (including phenoxy) is 2. The molecular weight excluding hydrogens is 464 g/mol. The van der Waals surface area contributed by atoms with Crippen LogP contribution < -0.4 is 5.73 Å². The standard InChI is InChI=1S/C31H38N2O4/c1-21-29(18-33-15-3-6-28(33)20-35)36-31(37-30(21)25-9-7-22(19-34)8-10-25)26-13-11-24(12-14-26)27-5-2-4-23(16-27)17-32/h2,4-5,7-14,16,21,28-31,34-35H,3,6,15,17-20,32H2,1H3. The highest BCUT2D eigenvalue weighted by Crippen LogP contribution is 2.42. The van der Waals surface area contributed by atoms with Gasteiger partial charge < -0.3 is 25.4 Å². The van der Waals surface area contributed by atoms with Crippen molar-refractivity contribution >= 4 is 0 Å². The highest BCUT2D eigenvalue weighted by molar-refractivity contribution is 5.64. The normalized spacial score (nSPS) is 26.4. The van der Waals surface area contributed by atoms with E-state index in [-0.39, 0.29) is 37.4 Å². The van der Waals surface area contributed by atoms with E-state index in [1.54, 1.807) is 0 Å². The fourth-order valence-corrected chi connectivity index (χ4v) is 5.61. The molecule has 0 spiro atoms. The molecule has 6 heteroatoms. The maximum absolute atomic E-state index is 9.86. The smallest absolute Gasteiger partial charge is 0.184 e. The number of nitrogens with two attached hydrogens (primary N) is 1. The van der Waals surface area contributed by atoms with E-state index in [1.165, 1.54) is 0 Å². The summed E-state index contributed by atoms with van der Waals surface area (Å²) < 4.78 is 13.2. The van der Waals surface area contributed by atoms with Crippen LogP contribution in [0.25, 0.3) is 11.1 Å². The number of aliphatic hydroxyl groups is 2. The van der Waals surface area contributed by atoms with Crippen molar-refractivity contribution in [2.24, 2.45) is 11.7 Å². The lowest BCUT2D eigenvalue weighted by Gasteiger charge is -2.43. The van der Waals surface area contributed by atoms with Crippen molar-refractivity contribution in [3.8, 4) is 11.1 Å². The van der Waals surface area contributed by atoms with Gasteiger partial charge in [0.15, 0.2) is 6.29 Å². The van der Waals surface area contributed by atoms with Gasteiger partial charge in [0.05, 0.1) is 25.4 Å². The number of aliphatic hydroxyl groups excluding tert-OH is 2. The number of hydrogen-bond acceptors (Lipinski definition) is 6. The van der Waals surface area contributed by atoms with Crippen molar-refractivity contribution < 1.29 is 19.7 Å². The molecule has 0 amide bonds. The van der Waals surface area contributed by atoms with Crippen LogP contribution in [-0.4, -0.2) is 47.0 Å². The minimum absolute atomic E-state index is 0.0216. The zero-order chi connectivity index (χ0) is 25.8. The van der Waals surface area contributed by atoms with Gasteiger partial charge in [-0.1, -0.05) is 73.7 Å². The first-order chi connectivity index (χ1) is 18.1. The fraction of sp³-hybridized carbons (Fsp3) is 0.419. The Hall–Kier alpha value is -2.58. The van der Waals surface area contributed by atoms with Gasteiger partial charge in [-0.25, -0.2) is 0 Å². The molecule has 2 saturated heterocycles. The lowest BCUT2D eigenvalue weighted by Crippen LogP contribution is -2.46. The molecule has 2 fully saturated rings. The number of rotatable bonds is 8. The summed E-state index contributed by atoms with van der Waals surface area (Å²) in [6, 6.07) is 24.9. The van der Waals surface area contributed by atoms with E-state index in [0.717, 1.165) is 59.3 Å². The summed E-state index contributed by atoms with van der Waals surface area (Å²) >= 11 is 0. The summed E-state index contributed by atoms with van der Waals surface area (Å²) in [6.07, 6.45) is 1.44. The molecule has 3 aromatic rings. The van der Waals surface area contributed by atoms with E-state index in [2.05, 4.69) is 48.2 Å². The summed E-state index contributed by atoms with van der Waals surface area (Å²) in [5.41, 5.74) is 12.1. The van der Waals surface area contributed by atoms with Gasteiger partial charge in [0.2, 0.25) is 0 Å². The predicted octanol–water partition coefficient (Wildman–Crippen LogP) is 4.55. The molecule has 196 valence electrons. The van der Waals surface area contributed by atoms with Gasteiger partial charge in [0.25, 0.3) is 0 Å². The van der Waals surface area contributed by atoms with Crippen molar-refractivity contribution in [2.75, 3.05) is 19.7 Å². The Morgan fingerprint density at radius 3 is 2.35 bits per heavy atom. The summed E-state index contributed by atoms with van der Waals surface area (Å²) in [5.74, 6) is 0.120. The van der Waals surface area contributed by atoms with Crippen LogP contribution in [0.5, 0.6) is 0 Å². The Balaban J connectivity index is 1.40. The van der Waals surface area contributed by atoms with E-state index in [1.807, 2.05) is 36.4 Å². The molecule has 2 aliphatic rings. The van der Waals surface area contributed by atoms with Crippen molar-refractivity contribution in [1.82, 2.24) is 4.90 Å². The van der Waals surface area contributed by atoms with Crippen LogP contribution in [0.15, 0.2) is 72.8 Å². The second kappa shape index (κ2) is 11.9. The third-order valence-electron chi connectivity index (χ3n) is 7.93. The molecule has 0 aromatic heterocycles. The lowest BCUT2D eigenvalue weighted by atomic mass is 9.89. The van der Waals surface area contributed by atoms with Gasteiger partial charge in [-0.2, -0.15) is 0 Å². The number of likely N-dealkylation sites (tertiary alicyclic amines) is 1. The monoisotopic (exact) mass is 502 g/mol. The van der Waals surface area contributed by atoms with Crippen molar-refractivity contribution in [1.29, 1.82) is 0 Å². The predicted molar refractivity (Wildman–Crippen MR) is 144 cm³/mol. The maximum atomic E-state index is 9.86. The molecular formula is C31H38N2O4. The molecule has 5 unspecified atom stereocenters. The fourth-order valence-electron chi connectivity index (χ4n) is 5.61. The molecule has 2 aliphatic heterocycles. The van der Waals surface area contributed by atoms with E-state index in [9.17, 15) is 10.2 Å². The van der Waals surface area contributed by atoms with Gasteiger partial charge in [0, 0.05) is 30.6 Å². The number of hydrogen-bond donors (Lipinski definition) is 3. The second-order valence-electron chi connectivity index (χ2n) is 10.3. The highest BCUT2D eigenvalue weighted by atomic mass is 16.7. The molecule has 4 N–H and O–H groups in total. The van der Waals surface area contributed by atoms with Crippen molar-refractivity contribution in [2.45, 2.75) is 57.5 Å². The molecule has 6 nitrogen and oxygen atoms in total. The summed E-state index contributed by atoms with van der Waals surface area (Å²) in [5, 5.41) is 19.3. The Kier molecular flexibility index (Phi) is 8.35. The Morgan fingerprint density at radius 1 is 0.892 bits per heavy atom. The molecule has 5 rings (SSSR count). The highest BCUT2D eigenvalue weighted by Gasteiger charge is 2.40. The molecule has 0 saturated carbocycles. The van der Waals surface area contributed by atoms with E-state index in [4.69, 9.17) is 15.2 Å². The van der Waals surface area contributed by atoms with Crippen LogP contribution in [0.3, 0.4) is 0 Å². The largest absolute Gasteiger partial charge is 0.395 e. The molecule has 0 radical (unpaired) electrons. The van der Waals surface area contributed by atoms with E-state index >= 15 is 0 Å². The lowest BCUT2D eigenvalue weighted by molar-refractivity contribution is -0.276. The Bertz CT molecular complexity index is 1150. The van der Waals surface area contributed by atoms with Gasteiger partial charge >= 0.3 is 0 Å². The van der Waals surface area contributed by atoms with Gasteiger partial charge in [-0.15, -0.1) is 0 Å². The first-order valence-corrected chi connectivity index (χ1v) is 13.3. The van der Waals surface area contributed by atoms with Crippen LogP contribution in [-0.2, 0) is 22.6 Å². The number of benzene rings is 3. The molecule has 0 aliphatic carbocycles. The molecule has 0 bridgehead atoms. The summed E-state index contributed by atoms with van der Waals surface area (Å²) in [7, 11) is 0. The van der Waals surface area contributed by atoms with Gasteiger partial charge in [0.1, 0.15) is 0 Å². The SMILES string of the molecule is CC1C(CN2CCCC2CO)OC(c2ccc(-c3cccc(CN)c3)cc2)OC1c1ccc(CO)cc1. The Labute approximate surface area is 219 Å². The van der Waals surface area contributed by atoms with Crippen molar-refractivity contribution in [3.63, 3.8) is 0 Å². The molecule has 2 heterocycles. The third kappa shape index (κ3) is 5.80.